The van der Waals surface area contributed by atoms with E-state index >= 15 is 0 Å². The first-order valence-electron chi connectivity index (χ1n) is 14.7. The summed E-state index contributed by atoms with van der Waals surface area (Å²) in [5.74, 6) is -3.21. The number of aromatic hydroxyl groups is 2. The number of phenols is 2. The summed E-state index contributed by atoms with van der Waals surface area (Å²) in [7, 11) is 0. The predicted molar refractivity (Wildman–Crippen MR) is 155 cm³/mol. The Kier molecular flexibility index (Phi) is 12.0. The van der Waals surface area contributed by atoms with Crippen LogP contribution < -0.4 is 0 Å². The lowest BCUT2D eigenvalue weighted by atomic mass is 9.68. The molecule has 42 heavy (non-hydrogen) atoms. The fourth-order valence-corrected chi connectivity index (χ4v) is 7.49. The monoisotopic (exact) mass is 618 g/mol. The number of thioether (sulfide) groups is 1. The molecular formula is C32H43F5O4S. The molecule has 236 valence electrons. The van der Waals surface area contributed by atoms with Crippen molar-refractivity contribution in [1.82, 2.24) is 0 Å². The van der Waals surface area contributed by atoms with Crippen LogP contribution in [0.1, 0.15) is 94.6 Å². The Morgan fingerprint density at radius 2 is 1.33 bits per heavy atom. The second kappa shape index (κ2) is 14.6. The van der Waals surface area contributed by atoms with E-state index in [-0.39, 0.29) is 29.3 Å². The van der Waals surface area contributed by atoms with E-state index in [0.29, 0.717) is 12.8 Å². The molecule has 0 saturated carbocycles. The number of rotatable bonds is 16. The molecule has 0 saturated heterocycles. The van der Waals surface area contributed by atoms with E-state index in [2.05, 4.69) is 6.92 Å². The SMILES string of the molecule is CC1(c2ccc(O)cc2)CSc2cc(O)ccc2C1CCCCCCCCC(CO)(CO)CCCC(F)(F)C(F)(F)F. The van der Waals surface area contributed by atoms with Gasteiger partial charge in [-0.1, -0.05) is 63.6 Å². The number of hydrogen-bond acceptors (Lipinski definition) is 5. The largest absolute Gasteiger partial charge is 0.508 e. The molecule has 1 aliphatic heterocycles. The second-order valence-corrected chi connectivity index (χ2v) is 13.1. The number of phenolic OH excluding ortho intramolecular Hbond substituents is 2. The third-order valence-electron chi connectivity index (χ3n) is 8.93. The van der Waals surface area contributed by atoms with Gasteiger partial charge in [-0.15, -0.1) is 11.8 Å². The van der Waals surface area contributed by atoms with Crippen molar-refractivity contribution in [2.24, 2.45) is 5.41 Å². The van der Waals surface area contributed by atoms with Gasteiger partial charge in [0.15, 0.2) is 0 Å². The highest BCUT2D eigenvalue weighted by Crippen LogP contribution is 2.52. The molecule has 0 aromatic heterocycles. The minimum absolute atomic E-state index is 0.0929. The Hall–Kier alpha value is -2.04. The first-order valence-corrected chi connectivity index (χ1v) is 15.7. The zero-order valence-electron chi connectivity index (χ0n) is 24.1. The highest BCUT2D eigenvalue weighted by molar-refractivity contribution is 7.99. The molecular weight excluding hydrogens is 575 g/mol. The van der Waals surface area contributed by atoms with E-state index in [1.807, 2.05) is 24.3 Å². The van der Waals surface area contributed by atoms with Gasteiger partial charge in [0.2, 0.25) is 0 Å². The van der Waals surface area contributed by atoms with E-state index < -0.39 is 43.6 Å². The van der Waals surface area contributed by atoms with Crippen molar-refractivity contribution in [3.63, 3.8) is 0 Å². The van der Waals surface area contributed by atoms with Crippen LogP contribution in [0.15, 0.2) is 47.4 Å². The Morgan fingerprint density at radius 1 is 0.762 bits per heavy atom. The summed E-state index contributed by atoms with van der Waals surface area (Å²) >= 11 is 1.73. The fraction of sp³-hybridized carbons (Fsp3) is 0.625. The van der Waals surface area contributed by atoms with Gasteiger partial charge in [-0.3, -0.25) is 0 Å². The second-order valence-electron chi connectivity index (χ2n) is 12.1. The van der Waals surface area contributed by atoms with Crippen LogP contribution in [0, 0.1) is 5.41 Å². The molecule has 0 spiro atoms. The van der Waals surface area contributed by atoms with Gasteiger partial charge in [-0.2, -0.15) is 22.0 Å². The smallest absolute Gasteiger partial charge is 0.453 e. The van der Waals surface area contributed by atoms with E-state index in [9.17, 15) is 42.4 Å². The number of fused-ring (bicyclic) bond motifs is 1. The van der Waals surface area contributed by atoms with Crippen molar-refractivity contribution in [1.29, 1.82) is 0 Å². The van der Waals surface area contributed by atoms with E-state index in [4.69, 9.17) is 0 Å². The molecule has 2 aromatic rings. The van der Waals surface area contributed by atoms with Crippen LogP contribution in [-0.2, 0) is 5.41 Å². The molecule has 0 fully saturated rings. The normalized spacial score (nSPS) is 19.6. The van der Waals surface area contributed by atoms with Gasteiger partial charge >= 0.3 is 12.1 Å². The summed E-state index contributed by atoms with van der Waals surface area (Å²) in [6, 6.07) is 13.0. The lowest BCUT2D eigenvalue weighted by molar-refractivity contribution is -0.285. The average Bonchev–Trinajstić information content (AvgIpc) is 2.94. The maximum absolute atomic E-state index is 13.2. The number of aliphatic hydroxyl groups excluding tert-OH is 2. The summed E-state index contributed by atoms with van der Waals surface area (Å²) < 4.78 is 63.8. The molecule has 2 unspecified atom stereocenters. The zero-order valence-corrected chi connectivity index (χ0v) is 24.9. The number of unbranched alkanes of at least 4 members (excludes halogenated alkanes) is 5. The van der Waals surface area contributed by atoms with Crippen LogP contribution in [0.4, 0.5) is 22.0 Å². The fourth-order valence-electron chi connectivity index (χ4n) is 6.08. The molecule has 10 heteroatoms. The first-order chi connectivity index (χ1) is 19.8. The molecule has 4 N–H and O–H groups in total. The topological polar surface area (TPSA) is 80.9 Å². The van der Waals surface area contributed by atoms with E-state index in [1.54, 1.807) is 30.0 Å². The Balaban J connectivity index is 1.48. The highest BCUT2D eigenvalue weighted by Gasteiger charge is 2.56. The van der Waals surface area contributed by atoms with E-state index in [0.717, 1.165) is 54.7 Å². The van der Waals surface area contributed by atoms with Crippen LogP contribution in [0.3, 0.4) is 0 Å². The van der Waals surface area contributed by atoms with Gasteiger partial charge in [0.25, 0.3) is 0 Å². The lowest BCUT2D eigenvalue weighted by Gasteiger charge is -2.43. The number of alkyl halides is 5. The average molecular weight is 619 g/mol. The molecule has 1 aliphatic rings. The molecule has 2 atom stereocenters. The van der Waals surface area contributed by atoms with Crippen molar-refractivity contribution in [2.75, 3.05) is 19.0 Å². The Labute approximate surface area is 249 Å². The highest BCUT2D eigenvalue weighted by atomic mass is 32.2. The number of hydrogen-bond donors (Lipinski definition) is 4. The van der Waals surface area contributed by atoms with Crippen LogP contribution in [0.5, 0.6) is 11.5 Å². The van der Waals surface area contributed by atoms with Gasteiger partial charge in [0.05, 0.1) is 13.2 Å². The molecule has 2 aromatic carbocycles. The molecule has 0 bridgehead atoms. The quantitative estimate of drug-likeness (QED) is 0.112. The van der Waals surface area contributed by atoms with E-state index in [1.165, 1.54) is 5.56 Å². The Bertz CT molecular complexity index is 1120. The summed E-state index contributed by atoms with van der Waals surface area (Å²) in [5.41, 5.74) is 1.18. The van der Waals surface area contributed by atoms with Crippen LogP contribution in [-0.4, -0.2) is 51.5 Å². The maximum atomic E-state index is 13.2. The molecule has 3 rings (SSSR count). The minimum Gasteiger partial charge on any atom is -0.508 e. The maximum Gasteiger partial charge on any atom is 0.453 e. The minimum atomic E-state index is -5.60. The zero-order chi connectivity index (χ0) is 31.0. The van der Waals surface area contributed by atoms with Crippen LogP contribution in [0.2, 0.25) is 0 Å². The molecule has 0 aliphatic carbocycles. The third kappa shape index (κ3) is 8.53. The lowest BCUT2D eigenvalue weighted by Crippen LogP contribution is -2.37. The van der Waals surface area contributed by atoms with Crippen molar-refractivity contribution in [3.8, 4) is 11.5 Å². The first kappa shape index (κ1) is 34.5. The predicted octanol–water partition coefficient (Wildman–Crippen LogP) is 8.70. The van der Waals surface area contributed by atoms with Gasteiger partial charge in [0.1, 0.15) is 11.5 Å². The van der Waals surface area contributed by atoms with Crippen LogP contribution >= 0.6 is 11.8 Å². The number of benzene rings is 2. The van der Waals surface area contributed by atoms with Gasteiger partial charge in [-0.25, -0.2) is 0 Å². The summed E-state index contributed by atoms with van der Waals surface area (Å²) in [4.78, 5) is 1.09. The molecule has 4 nitrogen and oxygen atoms in total. The van der Waals surface area contributed by atoms with Crippen molar-refractivity contribution < 1.29 is 42.4 Å². The standard InChI is InChI=1S/C32H43F5O4S/c1-29(23-10-12-24(40)13-11-23)22-42-28-19-25(41)14-15-26(28)27(29)9-6-4-2-3-5-7-16-30(20-38,21-39)17-8-18-31(33,34)32(35,36)37/h10-15,19,27,38-41H,2-9,16-18,20-22H2,1H3. The third-order valence-corrected chi connectivity index (χ3v) is 10.3. The Morgan fingerprint density at radius 3 is 1.95 bits per heavy atom. The summed E-state index contributed by atoms with van der Waals surface area (Å²) in [6.07, 6.45) is -0.807. The van der Waals surface area contributed by atoms with Gasteiger partial charge in [-0.05, 0) is 67.0 Å². The van der Waals surface area contributed by atoms with Crippen molar-refractivity contribution in [3.05, 3.63) is 53.6 Å². The molecule has 1 heterocycles. The van der Waals surface area contributed by atoms with Crippen molar-refractivity contribution >= 4 is 11.8 Å². The molecule has 0 radical (unpaired) electrons. The van der Waals surface area contributed by atoms with Crippen LogP contribution in [0.25, 0.3) is 0 Å². The molecule has 0 amide bonds. The summed E-state index contributed by atoms with van der Waals surface area (Å²) in [5, 5.41) is 39.4. The summed E-state index contributed by atoms with van der Waals surface area (Å²) in [6.45, 7) is 1.34. The van der Waals surface area contributed by atoms with Gasteiger partial charge in [0, 0.05) is 27.9 Å². The number of aliphatic hydroxyl groups is 2. The number of halogens is 5. The van der Waals surface area contributed by atoms with Gasteiger partial charge < -0.3 is 20.4 Å². The van der Waals surface area contributed by atoms with Crippen molar-refractivity contribution in [2.45, 2.75) is 106 Å².